The molecule has 3 rings (SSSR count). The van der Waals surface area contributed by atoms with Crippen molar-refractivity contribution in [2.24, 2.45) is 7.05 Å². The van der Waals surface area contributed by atoms with E-state index in [0.29, 0.717) is 0 Å². The fourth-order valence-electron chi connectivity index (χ4n) is 2.52. The zero-order chi connectivity index (χ0) is 13.1. The number of rotatable bonds is 4. The Kier molecular flexibility index (Phi) is 3.55. The molecule has 0 saturated carbocycles. The van der Waals surface area contributed by atoms with Crippen LogP contribution in [0.1, 0.15) is 35.5 Å². The van der Waals surface area contributed by atoms with Gasteiger partial charge in [-0.15, -0.1) is 5.10 Å². The maximum absolute atomic E-state index is 4.75. The maximum atomic E-state index is 4.75. The molecule has 0 amide bonds. The zero-order valence-electron chi connectivity index (χ0n) is 11.3. The molecule has 1 aliphatic carbocycles. The van der Waals surface area contributed by atoms with Crippen LogP contribution >= 0.6 is 0 Å². The van der Waals surface area contributed by atoms with Crippen LogP contribution in [0.5, 0.6) is 0 Å². The molecular weight excluding hydrogens is 238 g/mol. The van der Waals surface area contributed by atoms with Crippen LogP contribution in [0.3, 0.4) is 0 Å². The molecule has 2 aromatic heterocycles. The molecule has 0 saturated heterocycles. The molecule has 19 heavy (non-hydrogen) atoms. The van der Waals surface area contributed by atoms with Crippen LogP contribution < -0.4 is 5.32 Å². The van der Waals surface area contributed by atoms with Crippen LogP contribution in [0.2, 0.25) is 0 Å². The van der Waals surface area contributed by atoms with E-state index in [1.54, 1.807) is 10.9 Å². The second kappa shape index (κ2) is 5.48. The van der Waals surface area contributed by atoms with Crippen molar-refractivity contribution < 1.29 is 0 Å². The summed E-state index contributed by atoms with van der Waals surface area (Å²) in [6.07, 6.45) is 6.69. The Morgan fingerprint density at radius 2 is 2.11 bits per heavy atom. The summed E-state index contributed by atoms with van der Waals surface area (Å²) < 4.78 is 1.79. The van der Waals surface area contributed by atoms with Crippen molar-refractivity contribution in [3.63, 3.8) is 0 Å². The summed E-state index contributed by atoms with van der Waals surface area (Å²) in [5.41, 5.74) is 4.94. The molecule has 0 atom stereocenters. The summed E-state index contributed by atoms with van der Waals surface area (Å²) in [4.78, 5) is 4.75. The molecule has 0 aliphatic heterocycles. The van der Waals surface area contributed by atoms with Gasteiger partial charge in [-0.3, -0.25) is 9.67 Å². The van der Waals surface area contributed by atoms with E-state index in [1.807, 2.05) is 7.05 Å². The van der Waals surface area contributed by atoms with Crippen LogP contribution in [-0.2, 0) is 33.0 Å². The molecule has 2 aromatic rings. The second-order valence-electron chi connectivity index (χ2n) is 5.07. The Hall–Kier alpha value is -1.75. The van der Waals surface area contributed by atoms with E-state index in [4.69, 9.17) is 4.98 Å². The number of pyridine rings is 1. The lowest BCUT2D eigenvalue weighted by atomic mass is 9.96. The minimum absolute atomic E-state index is 0.766. The Balaban J connectivity index is 1.59. The fraction of sp³-hybridized carbons (Fsp3) is 0.500. The van der Waals surface area contributed by atoms with E-state index in [9.17, 15) is 0 Å². The highest BCUT2D eigenvalue weighted by molar-refractivity contribution is 5.25. The Bertz CT molecular complexity index is 561. The van der Waals surface area contributed by atoms with Gasteiger partial charge >= 0.3 is 0 Å². The van der Waals surface area contributed by atoms with E-state index in [0.717, 1.165) is 30.9 Å². The summed E-state index contributed by atoms with van der Waals surface area (Å²) in [7, 11) is 1.90. The molecule has 1 N–H and O–H groups in total. The Labute approximate surface area is 113 Å². The monoisotopic (exact) mass is 257 g/mol. The van der Waals surface area contributed by atoms with Gasteiger partial charge in [0.25, 0.3) is 0 Å². The van der Waals surface area contributed by atoms with Crippen molar-refractivity contribution in [2.75, 3.05) is 0 Å². The van der Waals surface area contributed by atoms with Gasteiger partial charge in [-0.05, 0) is 37.3 Å². The first-order valence-electron chi connectivity index (χ1n) is 6.85. The van der Waals surface area contributed by atoms with Crippen molar-refractivity contribution in [3.05, 3.63) is 41.0 Å². The highest BCUT2D eigenvalue weighted by Crippen LogP contribution is 2.19. The van der Waals surface area contributed by atoms with Gasteiger partial charge in [0.15, 0.2) is 0 Å². The molecule has 0 spiro atoms. The molecule has 2 heterocycles. The number of hydrogen-bond acceptors (Lipinski definition) is 4. The van der Waals surface area contributed by atoms with Gasteiger partial charge in [0, 0.05) is 25.8 Å². The fourth-order valence-corrected chi connectivity index (χ4v) is 2.52. The highest BCUT2D eigenvalue weighted by atomic mass is 15.4. The first-order valence-corrected chi connectivity index (χ1v) is 6.85. The lowest BCUT2D eigenvalue weighted by Gasteiger charge is -2.15. The summed E-state index contributed by atoms with van der Waals surface area (Å²) in [5.74, 6) is 0. The SMILES string of the molecule is Cn1nncc1CNCc1ccc2c(n1)CCCC2. The lowest BCUT2D eigenvalue weighted by Crippen LogP contribution is -2.17. The third kappa shape index (κ3) is 2.81. The summed E-state index contributed by atoms with van der Waals surface area (Å²) in [6.45, 7) is 1.56. The first-order chi connectivity index (χ1) is 9.33. The predicted octanol–water partition coefficient (Wildman–Crippen LogP) is 1.38. The van der Waals surface area contributed by atoms with E-state index in [-0.39, 0.29) is 0 Å². The lowest BCUT2D eigenvalue weighted by molar-refractivity contribution is 0.605. The molecular formula is C14H19N5. The van der Waals surface area contributed by atoms with Crippen LogP contribution in [0.15, 0.2) is 18.3 Å². The van der Waals surface area contributed by atoms with Crippen molar-refractivity contribution in [1.82, 2.24) is 25.3 Å². The molecule has 0 aromatic carbocycles. The van der Waals surface area contributed by atoms with Gasteiger partial charge in [-0.2, -0.15) is 0 Å². The van der Waals surface area contributed by atoms with Gasteiger partial charge in [0.05, 0.1) is 17.6 Å². The summed E-state index contributed by atoms with van der Waals surface area (Å²) in [6, 6.07) is 4.38. The van der Waals surface area contributed by atoms with Crippen molar-refractivity contribution >= 4 is 0 Å². The second-order valence-corrected chi connectivity index (χ2v) is 5.07. The molecule has 5 nitrogen and oxygen atoms in total. The number of fused-ring (bicyclic) bond motifs is 1. The van der Waals surface area contributed by atoms with Gasteiger partial charge in [-0.25, -0.2) is 0 Å². The molecule has 1 aliphatic rings. The predicted molar refractivity (Wildman–Crippen MR) is 72.4 cm³/mol. The number of nitrogens with zero attached hydrogens (tertiary/aromatic N) is 4. The molecule has 5 heteroatoms. The average molecular weight is 257 g/mol. The number of hydrogen-bond donors (Lipinski definition) is 1. The third-order valence-corrected chi connectivity index (χ3v) is 3.66. The smallest absolute Gasteiger partial charge is 0.0738 e. The van der Waals surface area contributed by atoms with E-state index < -0.39 is 0 Å². The van der Waals surface area contributed by atoms with E-state index >= 15 is 0 Å². The molecule has 0 bridgehead atoms. The molecule has 0 fully saturated rings. The van der Waals surface area contributed by atoms with Crippen LogP contribution in [0.25, 0.3) is 0 Å². The van der Waals surface area contributed by atoms with Crippen LogP contribution in [-0.4, -0.2) is 20.0 Å². The topological polar surface area (TPSA) is 55.6 Å². The van der Waals surface area contributed by atoms with Crippen molar-refractivity contribution in [1.29, 1.82) is 0 Å². The zero-order valence-corrected chi connectivity index (χ0v) is 11.3. The van der Waals surface area contributed by atoms with Crippen molar-refractivity contribution in [2.45, 2.75) is 38.8 Å². The minimum Gasteiger partial charge on any atom is -0.305 e. The van der Waals surface area contributed by atoms with Gasteiger partial charge in [-0.1, -0.05) is 11.3 Å². The van der Waals surface area contributed by atoms with E-state index in [1.165, 1.54) is 30.5 Å². The Morgan fingerprint density at radius 1 is 1.21 bits per heavy atom. The van der Waals surface area contributed by atoms with Crippen LogP contribution in [0, 0.1) is 0 Å². The quantitative estimate of drug-likeness (QED) is 0.899. The minimum atomic E-state index is 0.766. The number of aromatic nitrogens is 4. The molecule has 100 valence electrons. The Morgan fingerprint density at radius 3 is 2.95 bits per heavy atom. The largest absolute Gasteiger partial charge is 0.305 e. The third-order valence-electron chi connectivity index (χ3n) is 3.66. The molecule has 0 radical (unpaired) electrons. The number of nitrogens with one attached hydrogen (secondary N) is 1. The van der Waals surface area contributed by atoms with Gasteiger partial charge < -0.3 is 5.32 Å². The summed E-state index contributed by atoms with van der Waals surface area (Å²) >= 11 is 0. The molecule has 0 unspecified atom stereocenters. The van der Waals surface area contributed by atoms with E-state index in [2.05, 4.69) is 27.8 Å². The highest BCUT2D eigenvalue weighted by Gasteiger charge is 2.10. The first kappa shape index (κ1) is 12.3. The standard InChI is InChI=1S/C14H19N5/c1-19-13(10-16-18-19)9-15-8-12-7-6-11-4-2-3-5-14(11)17-12/h6-7,10,15H,2-5,8-9H2,1H3. The van der Waals surface area contributed by atoms with Gasteiger partial charge in [0.2, 0.25) is 0 Å². The number of aryl methyl sites for hydroxylation is 3. The maximum Gasteiger partial charge on any atom is 0.0738 e. The van der Waals surface area contributed by atoms with Gasteiger partial charge in [0.1, 0.15) is 0 Å². The average Bonchev–Trinajstić information content (AvgIpc) is 2.84. The summed E-state index contributed by atoms with van der Waals surface area (Å²) in [5, 5.41) is 11.2. The van der Waals surface area contributed by atoms with Crippen molar-refractivity contribution in [3.8, 4) is 0 Å². The van der Waals surface area contributed by atoms with Crippen LogP contribution in [0.4, 0.5) is 0 Å². The normalized spacial score (nSPS) is 14.4.